The molecule has 0 saturated carbocycles. The topological polar surface area (TPSA) is 96.0 Å². The lowest BCUT2D eigenvalue weighted by Crippen LogP contribution is -1.86. The van der Waals surface area contributed by atoms with Crippen LogP contribution in [0.15, 0.2) is 66.8 Å². The average molecular weight is 395 g/mol. The van der Waals surface area contributed by atoms with Gasteiger partial charge in [0.25, 0.3) is 0 Å². The van der Waals surface area contributed by atoms with Gasteiger partial charge in [0.1, 0.15) is 12.0 Å². The molecule has 0 bridgehead atoms. The summed E-state index contributed by atoms with van der Waals surface area (Å²) in [5.74, 6) is 0. The lowest BCUT2D eigenvalue weighted by Gasteiger charge is -2.00. The Hall–Kier alpha value is -3.91. The Labute approximate surface area is 168 Å². The maximum atomic E-state index is 4.60. The predicted octanol–water partition coefficient (Wildman–Crippen LogP) is 4.69. The van der Waals surface area contributed by atoms with E-state index in [1.165, 1.54) is 6.33 Å². The van der Waals surface area contributed by atoms with Crippen molar-refractivity contribution in [2.45, 2.75) is 0 Å². The fourth-order valence-corrected chi connectivity index (χ4v) is 4.24. The van der Waals surface area contributed by atoms with Crippen LogP contribution in [0.2, 0.25) is 0 Å². The van der Waals surface area contributed by atoms with Crippen molar-refractivity contribution in [3.05, 3.63) is 66.8 Å². The molecule has 2 N–H and O–H groups in total. The van der Waals surface area contributed by atoms with Gasteiger partial charge in [-0.15, -0.1) is 11.3 Å². The van der Waals surface area contributed by atoms with Gasteiger partial charge in [0.15, 0.2) is 0 Å². The lowest BCUT2D eigenvalue weighted by molar-refractivity contribution is 1.11. The molecule has 6 aromatic heterocycles. The Morgan fingerprint density at radius 2 is 1.76 bits per heavy atom. The van der Waals surface area contributed by atoms with Gasteiger partial charge >= 0.3 is 0 Å². The molecule has 0 aromatic carbocycles. The molecule has 6 aromatic rings. The highest BCUT2D eigenvalue weighted by atomic mass is 32.1. The van der Waals surface area contributed by atoms with Crippen LogP contribution in [0, 0.1) is 0 Å². The zero-order valence-corrected chi connectivity index (χ0v) is 15.8. The van der Waals surface area contributed by atoms with Gasteiger partial charge in [-0.25, -0.2) is 9.97 Å². The first-order chi connectivity index (χ1) is 14.4. The van der Waals surface area contributed by atoms with Crippen molar-refractivity contribution in [1.82, 2.24) is 35.1 Å². The fraction of sp³-hybridized carbons (Fsp3) is 0. The number of thiophene rings is 1. The Kier molecular flexibility index (Phi) is 3.50. The molecule has 138 valence electrons. The van der Waals surface area contributed by atoms with E-state index in [2.05, 4.69) is 52.6 Å². The SMILES string of the molecule is c1csc(-c2nccc3[nH]c(-c4n[nH]c5cnc(-c6cncnc6)cc45)cc23)c1. The molecule has 0 radical (unpaired) electrons. The Morgan fingerprint density at radius 3 is 2.62 bits per heavy atom. The van der Waals surface area contributed by atoms with Crippen LogP contribution in [0.4, 0.5) is 0 Å². The molecular weight excluding hydrogens is 382 g/mol. The second-order valence-corrected chi connectivity index (χ2v) is 7.54. The van der Waals surface area contributed by atoms with Gasteiger partial charge in [0.2, 0.25) is 0 Å². The maximum Gasteiger partial charge on any atom is 0.116 e. The highest BCUT2D eigenvalue weighted by molar-refractivity contribution is 7.13. The molecule has 0 amide bonds. The minimum Gasteiger partial charge on any atom is -0.353 e. The first kappa shape index (κ1) is 16.1. The molecule has 0 aliphatic heterocycles. The molecule has 0 aliphatic carbocycles. The molecular formula is C21H13N7S. The van der Waals surface area contributed by atoms with E-state index in [0.717, 1.165) is 55.0 Å². The first-order valence-electron chi connectivity index (χ1n) is 8.98. The minimum atomic E-state index is 0.804. The largest absolute Gasteiger partial charge is 0.353 e. The third-order valence-corrected chi connectivity index (χ3v) is 5.74. The highest BCUT2D eigenvalue weighted by Gasteiger charge is 2.15. The van der Waals surface area contributed by atoms with Crippen molar-refractivity contribution < 1.29 is 0 Å². The third kappa shape index (κ3) is 2.61. The smallest absolute Gasteiger partial charge is 0.116 e. The van der Waals surface area contributed by atoms with Crippen LogP contribution < -0.4 is 0 Å². The summed E-state index contributed by atoms with van der Waals surface area (Å²) in [4.78, 5) is 21.9. The number of aromatic amines is 2. The van der Waals surface area contributed by atoms with Crippen LogP contribution >= 0.6 is 11.3 Å². The zero-order chi connectivity index (χ0) is 19.2. The highest BCUT2D eigenvalue weighted by Crippen LogP contribution is 2.34. The van der Waals surface area contributed by atoms with Crippen LogP contribution in [-0.4, -0.2) is 35.1 Å². The maximum absolute atomic E-state index is 4.60. The van der Waals surface area contributed by atoms with E-state index in [1.54, 1.807) is 29.9 Å². The van der Waals surface area contributed by atoms with Gasteiger partial charge in [-0.1, -0.05) is 6.07 Å². The number of pyridine rings is 2. The van der Waals surface area contributed by atoms with Gasteiger partial charge in [-0.05, 0) is 29.6 Å². The normalized spacial score (nSPS) is 11.4. The number of nitrogens with one attached hydrogen (secondary N) is 2. The number of H-pyrrole nitrogens is 2. The van der Waals surface area contributed by atoms with E-state index in [4.69, 9.17) is 0 Å². The third-order valence-electron chi connectivity index (χ3n) is 4.86. The summed E-state index contributed by atoms with van der Waals surface area (Å²) in [6, 6.07) is 10.2. The number of nitrogens with zero attached hydrogens (tertiary/aromatic N) is 5. The van der Waals surface area contributed by atoms with Crippen molar-refractivity contribution >= 4 is 33.1 Å². The van der Waals surface area contributed by atoms with Crippen LogP contribution in [0.25, 0.3) is 55.0 Å². The van der Waals surface area contributed by atoms with E-state index in [-0.39, 0.29) is 0 Å². The van der Waals surface area contributed by atoms with E-state index >= 15 is 0 Å². The standard InChI is InChI=1S/C21H13N7S/c1-2-19(29-5-1)21-13-7-17(26-15(13)3-4-24-21)20-14-6-16(12-8-22-11-23-9-12)25-10-18(14)27-28-20/h1-11,26H,(H,27,28). The molecule has 0 unspecified atom stereocenters. The minimum absolute atomic E-state index is 0.804. The Balaban J connectivity index is 1.53. The van der Waals surface area contributed by atoms with Crippen molar-refractivity contribution in [3.8, 4) is 33.2 Å². The second kappa shape index (κ2) is 6.32. The Morgan fingerprint density at radius 1 is 0.862 bits per heavy atom. The van der Waals surface area contributed by atoms with Crippen molar-refractivity contribution in [2.75, 3.05) is 0 Å². The number of hydrogen-bond donors (Lipinski definition) is 2. The summed E-state index contributed by atoms with van der Waals surface area (Å²) in [6.45, 7) is 0. The van der Waals surface area contributed by atoms with Crippen LogP contribution in [-0.2, 0) is 0 Å². The van der Waals surface area contributed by atoms with E-state index in [9.17, 15) is 0 Å². The van der Waals surface area contributed by atoms with Crippen LogP contribution in [0.1, 0.15) is 0 Å². The second-order valence-electron chi connectivity index (χ2n) is 6.60. The fourth-order valence-electron chi connectivity index (χ4n) is 3.50. The molecule has 0 fully saturated rings. The molecule has 0 saturated heterocycles. The van der Waals surface area contributed by atoms with E-state index in [0.29, 0.717) is 0 Å². The molecule has 6 rings (SSSR count). The summed E-state index contributed by atoms with van der Waals surface area (Å²) < 4.78 is 0. The molecule has 0 aliphatic rings. The monoisotopic (exact) mass is 395 g/mol. The molecule has 6 heterocycles. The molecule has 0 spiro atoms. The van der Waals surface area contributed by atoms with Crippen molar-refractivity contribution in [2.24, 2.45) is 0 Å². The van der Waals surface area contributed by atoms with Crippen molar-refractivity contribution in [3.63, 3.8) is 0 Å². The van der Waals surface area contributed by atoms with Gasteiger partial charge in [-0.3, -0.25) is 15.1 Å². The number of fused-ring (bicyclic) bond motifs is 2. The molecule has 29 heavy (non-hydrogen) atoms. The van der Waals surface area contributed by atoms with Crippen molar-refractivity contribution in [1.29, 1.82) is 0 Å². The van der Waals surface area contributed by atoms with Gasteiger partial charge in [0.05, 0.1) is 33.7 Å². The van der Waals surface area contributed by atoms with Crippen LogP contribution in [0.3, 0.4) is 0 Å². The summed E-state index contributed by atoms with van der Waals surface area (Å²) in [6.07, 6.45) is 8.63. The van der Waals surface area contributed by atoms with Gasteiger partial charge < -0.3 is 4.98 Å². The summed E-state index contributed by atoms with van der Waals surface area (Å²) in [5.41, 5.74) is 6.31. The molecule has 0 atom stereocenters. The quantitative estimate of drug-likeness (QED) is 0.453. The molecule has 8 heteroatoms. The van der Waals surface area contributed by atoms with Crippen LogP contribution in [0.5, 0.6) is 0 Å². The van der Waals surface area contributed by atoms with E-state index < -0.39 is 0 Å². The summed E-state index contributed by atoms with van der Waals surface area (Å²) in [7, 11) is 0. The first-order valence-corrected chi connectivity index (χ1v) is 9.86. The van der Waals surface area contributed by atoms with Gasteiger partial charge in [-0.2, -0.15) is 5.10 Å². The predicted molar refractivity (Wildman–Crippen MR) is 113 cm³/mol. The zero-order valence-electron chi connectivity index (χ0n) is 15.0. The number of rotatable bonds is 3. The average Bonchev–Trinajstić information content (AvgIpc) is 3.52. The summed E-state index contributed by atoms with van der Waals surface area (Å²) in [5, 5.41) is 11.7. The van der Waals surface area contributed by atoms with E-state index in [1.807, 2.05) is 24.4 Å². The number of aromatic nitrogens is 7. The molecule has 7 nitrogen and oxygen atoms in total. The van der Waals surface area contributed by atoms with Gasteiger partial charge in [0, 0.05) is 40.4 Å². The number of hydrogen-bond acceptors (Lipinski definition) is 6. The summed E-state index contributed by atoms with van der Waals surface area (Å²) >= 11 is 1.68. The lowest BCUT2D eigenvalue weighted by atomic mass is 10.1. The Bertz CT molecular complexity index is 1450.